The van der Waals surface area contributed by atoms with Crippen molar-refractivity contribution < 1.29 is 19.4 Å². The van der Waals surface area contributed by atoms with Crippen LogP contribution in [-0.2, 0) is 9.53 Å². The molecule has 6 nitrogen and oxygen atoms in total. The summed E-state index contributed by atoms with van der Waals surface area (Å²) in [6.07, 6.45) is 2.21. The fourth-order valence-corrected chi connectivity index (χ4v) is 2.73. The molecule has 1 aliphatic rings. The minimum atomic E-state index is -1.10. The summed E-state index contributed by atoms with van der Waals surface area (Å²) in [5.41, 5.74) is -1.10. The molecule has 0 bridgehead atoms. The van der Waals surface area contributed by atoms with Crippen molar-refractivity contribution in [3.8, 4) is 0 Å². The highest BCUT2D eigenvalue weighted by Gasteiger charge is 2.45. The number of hydrogen-bond donors (Lipinski definition) is 1. The van der Waals surface area contributed by atoms with Crippen LogP contribution in [0.3, 0.4) is 0 Å². The van der Waals surface area contributed by atoms with E-state index >= 15 is 0 Å². The summed E-state index contributed by atoms with van der Waals surface area (Å²) in [6, 6.07) is -0.189. The molecule has 2 amide bonds. The molecule has 1 unspecified atom stereocenters. The standard InChI is InChI=1S/C15H28N2O4/c1-12(2)11-16(9-10-21-4)14(20)17-8-6-5-7-15(17,3)13(18)19/h12H,5-11H2,1-4H3,(H,18,19). The summed E-state index contributed by atoms with van der Waals surface area (Å²) in [5.74, 6) is -0.599. The number of rotatable bonds is 6. The third kappa shape index (κ3) is 4.33. The molecule has 0 aromatic rings. The first kappa shape index (κ1) is 17.8. The Morgan fingerprint density at radius 2 is 2.05 bits per heavy atom. The van der Waals surface area contributed by atoms with E-state index in [1.54, 1.807) is 18.9 Å². The summed E-state index contributed by atoms with van der Waals surface area (Å²) in [4.78, 5) is 27.6. The van der Waals surface area contributed by atoms with Crippen LogP contribution < -0.4 is 0 Å². The van der Waals surface area contributed by atoms with Crippen LogP contribution in [0.2, 0.25) is 0 Å². The van der Waals surface area contributed by atoms with Gasteiger partial charge in [0.05, 0.1) is 6.61 Å². The number of aliphatic carboxylic acids is 1. The van der Waals surface area contributed by atoms with E-state index in [-0.39, 0.29) is 6.03 Å². The van der Waals surface area contributed by atoms with Crippen LogP contribution in [0.5, 0.6) is 0 Å². The van der Waals surface area contributed by atoms with Crippen molar-refractivity contribution >= 4 is 12.0 Å². The largest absolute Gasteiger partial charge is 0.480 e. The second-order valence-electron chi connectivity index (χ2n) is 6.30. The van der Waals surface area contributed by atoms with Gasteiger partial charge in [-0.3, -0.25) is 0 Å². The molecule has 0 aromatic carbocycles. The van der Waals surface area contributed by atoms with E-state index in [0.717, 1.165) is 12.8 Å². The number of carbonyl (C=O) groups excluding carboxylic acids is 1. The number of ether oxygens (including phenoxy) is 1. The Hall–Kier alpha value is -1.30. The maximum atomic E-state index is 12.8. The highest BCUT2D eigenvalue weighted by atomic mass is 16.5. The van der Waals surface area contributed by atoms with E-state index in [9.17, 15) is 14.7 Å². The van der Waals surface area contributed by atoms with E-state index < -0.39 is 11.5 Å². The van der Waals surface area contributed by atoms with Gasteiger partial charge in [0.2, 0.25) is 0 Å². The third-order valence-corrected chi connectivity index (χ3v) is 4.00. The van der Waals surface area contributed by atoms with Crippen LogP contribution in [-0.4, -0.2) is 65.8 Å². The molecule has 0 spiro atoms. The number of amides is 2. The molecule has 0 saturated carbocycles. The lowest BCUT2D eigenvalue weighted by Crippen LogP contribution is -2.61. The van der Waals surface area contributed by atoms with Gasteiger partial charge in [-0.1, -0.05) is 13.8 Å². The zero-order valence-corrected chi connectivity index (χ0v) is 13.6. The number of urea groups is 1. The highest BCUT2D eigenvalue weighted by molar-refractivity contribution is 5.86. The third-order valence-electron chi connectivity index (χ3n) is 4.00. The van der Waals surface area contributed by atoms with Gasteiger partial charge < -0.3 is 19.6 Å². The molecule has 1 heterocycles. The number of likely N-dealkylation sites (tertiary alicyclic amines) is 1. The van der Waals surface area contributed by atoms with Crippen LogP contribution in [0.25, 0.3) is 0 Å². The number of carboxylic acid groups (broad SMARTS) is 1. The summed E-state index contributed by atoms with van der Waals surface area (Å²) in [7, 11) is 1.60. The number of nitrogens with zero attached hydrogens (tertiary/aromatic N) is 2. The fourth-order valence-electron chi connectivity index (χ4n) is 2.73. The van der Waals surface area contributed by atoms with Crippen molar-refractivity contribution in [1.29, 1.82) is 0 Å². The first-order valence-electron chi connectivity index (χ1n) is 7.61. The predicted octanol–water partition coefficient (Wildman–Crippen LogP) is 2.04. The van der Waals surface area contributed by atoms with Gasteiger partial charge in [0.25, 0.3) is 0 Å². The smallest absolute Gasteiger partial charge is 0.329 e. The molecule has 6 heteroatoms. The monoisotopic (exact) mass is 300 g/mol. The van der Waals surface area contributed by atoms with Gasteiger partial charge in [0.1, 0.15) is 5.54 Å². The summed E-state index contributed by atoms with van der Waals surface area (Å²) < 4.78 is 5.06. The Bertz CT molecular complexity index is 373. The molecule has 1 fully saturated rings. The number of methoxy groups -OCH3 is 1. The van der Waals surface area contributed by atoms with Crippen LogP contribution in [0.1, 0.15) is 40.0 Å². The predicted molar refractivity (Wildman–Crippen MR) is 80.3 cm³/mol. The first-order chi connectivity index (χ1) is 9.82. The van der Waals surface area contributed by atoms with Crippen molar-refractivity contribution in [2.75, 3.05) is 33.4 Å². The van der Waals surface area contributed by atoms with E-state index in [1.165, 1.54) is 4.90 Å². The zero-order chi connectivity index (χ0) is 16.0. The summed E-state index contributed by atoms with van der Waals surface area (Å²) >= 11 is 0. The van der Waals surface area contributed by atoms with E-state index in [4.69, 9.17) is 4.74 Å². The van der Waals surface area contributed by atoms with Crippen LogP contribution in [0, 0.1) is 5.92 Å². The number of piperidine rings is 1. The molecule has 1 N–H and O–H groups in total. The van der Waals surface area contributed by atoms with Crippen molar-refractivity contribution in [2.24, 2.45) is 5.92 Å². The van der Waals surface area contributed by atoms with Gasteiger partial charge in [-0.25, -0.2) is 9.59 Å². The van der Waals surface area contributed by atoms with Crippen LogP contribution in [0.4, 0.5) is 4.79 Å². The number of carbonyl (C=O) groups is 2. The van der Waals surface area contributed by atoms with Gasteiger partial charge >= 0.3 is 12.0 Å². The average molecular weight is 300 g/mol. The van der Waals surface area contributed by atoms with Gasteiger partial charge in [-0.05, 0) is 32.1 Å². The molecule has 1 aliphatic heterocycles. The topological polar surface area (TPSA) is 70.1 Å². The molecule has 0 radical (unpaired) electrons. The zero-order valence-electron chi connectivity index (χ0n) is 13.6. The number of hydrogen-bond acceptors (Lipinski definition) is 3. The fraction of sp³-hybridized carbons (Fsp3) is 0.867. The quantitative estimate of drug-likeness (QED) is 0.815. The number of carboxylic acids is 1. The van der Waals surface area contributed by atoms with Gasteiger partial charge in [-0.15, -0.1) is 0 Å². The SMILES string of the molecule is COCCN(CC(C)C)C(=O)N1CCCCC1(C)C(=O)O. The van der Waals surface area contributed by atoms with Crippen LogP contribution in [0.15, 0.2) is 0 Å². The first-order valence-corrected chi connectivity index (χ1v) is 7.61. The molecular weight excluding hydrogens is 272 g/mol. The maximum absolute atomic E-state index is 12.8. The Kier molecular flexibility index (Phi) is 6.45. The Balaban J connectivity index is 2.90. The minimum Gasteiger partial charge on any atom is -0.480 e. The normalized spacial score (nSPS) is 22.4. The molecular formula is C15H28N2O4. The molecule has 1 rings (SSSR count). The maximum Gasteiger partial charge on any atom is 0.329 e. The second-order valence-corrected chi connectivity index (χ2v) is 6.30. The lowest BCUT2D eigenvalue weighted by molar-refractivity contribution is -0.150. The van der Waals surface area contributed by atoms with E-state index in [1.807, 2.05) is 13.8 Å². The Morgan fingerprint density at radius 1 is 1.38 bits per heavy atom. The lowest BCUT2D eigenvalue weighted by Gasteiger charge is -2.44. The minimum absolute atomic E-state index is 0.189. The van der Waals surface area contributed by atoms with Gasteiger partial charge in [-0.2, -0.15) is 0 Å². The molecule has 0 aromatic heterocycles. The Morgan fingerprint density at radius 3 is 2.57 bits per heavy atom. The molecule has 1 saturated heterocycles. The molecule has 122 valence electrons. The van der Waals surface area contributed by atoms with Crippen LogP contribution >= 0.6 is 0 Å². The Labute approximate surface area is 127 Å². The molecule has 21 heavy (non-hydrogen) atoms. The second kappa shape index (κ2) is 7.64. The molecule has 0 aliphatic carbocycles. The van der Waals surface area contributed by atoms with Gasteiger partial charge in [0, 0.05) is 26.7 Å². The average Bonchev–Trinajstić information content (AvgIpc) is 2.42. The van der Waals surface area contributed by atoms with Crippen molar-refractivity contribution in [3.63, 3.8) is 0 Å². The summed E-state index contributed by atoms with van der Waals surface area (Å²) in [5, 5.41) is 9.52. The molecule has 1 atom stereocenters. The van der Waals surface area contributed by atoms with Gasteiger partial charge in [0.15, 0.2) is 0 Å². The lowest BCUT2D eigenvalue weighted by atomic mass is 9.89. The van der Waals surface area contributed by atoms with E-state index in [0.29, 0.717) is 38.6 Å². The van der Waals surface area contributed by atoms with E-state index in [2.05, 4.69) is 0 Å². The van der Waals surface area contributed by atoms with Crippen molar-refractivity contribution in [2.45, 2.75) is 45.6 Å². The van der Waals surface area contributed by atoms with Crippen molar-refractivity contribution in [1.82, 2.24) is 9.80 Å². The highest BCUT2D eigenvalue weighted by Crippen LogP contribution is 2.29. The summed E-state index contributed by atoms with van der Waals surface area (Å²) in [6.45, 7) is 7.78. The van der Waals surface area contributed by atoms with Crippen molar-refractivity contribution in [3.05, 3.63) is 0 Å².